The predicted octanol–water partition coefficient (Wildman–Crippen LogP) is 3.87. The van der Waals surface area contributed by atoms with E-state index >= 15 is 0 Å². The van der Waals surface area contributed by atoms with Crippen LogP contribution in [-0.4, -0.2) is 22.6 Å². The van der Waals surface area contributed by atoms with Gasteiger partial charge in [0.05, 0.1) is 11.0 Å². The number of aromatic nitrogens is 2. The second-order valence-electron chi connectivity index (χ2n) is 6.20. The molecule has 3 heteroatoms. The number of benzene rings is 1. The molecule has 114 valence electrons. The number of hydrogen-bond donors (Lipinski definition) is 1. The Hall–Kier alpha value is -1.35. The van der Waals surface area contributed by atoms with Gasteiger partial charge in [-0.15, -0.1) is 0 Å². The minimum Gasteiger partial charge on any atom is -0.328 e. The molecule has 1 aromatic heterocycles. The van der Waals surface area contributed by atoms with Gasteiger partial charge < -0.3 is 9.88 Å². The molecule has 21 heavy (non-hydrogen) atoms. The Morgan fingerprint density at radius 1 is 1.33 bits per heavy atom. The fourth-order valence-electron chi connectivity index (χ4n) is 3.35. The summed E-state index contributed by atoms with van der Waals surface area (Å²) in [6.07, 6.45) is 6.08. The first-order valence-electron chi connectivity index (χ1n) is 8.53. The molecular weight excluding hydrogens is 258 g/mol. The van der Waals surface area contributed by atoms with Gasteiger partial charge in [0.15, 0.2) is 0 Å². The van der Waals surface area contributed by atoms with Gasteiger partial charge in [-0.3, -0.25) is 0 Å². The van der Waals surface area contributed by atoms with Gasteiger partial charge in [0, 0.05) is 19.0 Å². The first kappa shape index (κ1) is 14.6. The molecule has 2 aromatic rings. The van der Waals surface area contributed by atoms with Crippen LogP contribution in [0.5, 0.6) is 0 Å². The first-order valence-corrected chi connectivity index (χ1v) is 8.53. The molecule has 0 spiro atoms. The number of hydrogen-bond acceptors (Lipinski definition) is 2. The van der Waals surface area contributed by atoms with E-state index < -0.39 is 0 Å². The number of unbranched alkanes of at least 4 members (excludes halogenated alkanes) is 1. The van der Waals surface area contributed by atoms with E-state index in [0.717, 1.165) is 26.1 Å². The maximum absolute atomic E-state index is 5.02. The summed E-state index contributed by atoms with van der Waals surface area (Å²) >= 11 is 0. The van der Waals surface area contributed by atoms with E-state index in [-0.39, 0.29) is 0 Å². The highest BCUT2D eigenvalue weighted by Gasteiger charge is 2.22. The first-order chi connectivity index (χ1) is 10.3. The molecule has 3 nitrogen and oxygen atoms in total. The van der Waals surface area contributed by atoms with Crippen molar-refractivity contribution in [3.63, 3.8) is 0 Å². The van der Waals surface area contributed by atoms with Crippen LogP contribution in [0.25, 0.3) is 11.0 Å². The third kappa shape index (κ3) is 2.98. The van der Waals surface area contributed by atoms with Gasteiger partial charge in [-0.1, -0.05) is 26.3 Å². The molecule has 1 saturated heterocycles. The second-order valence-corrected chi connectivity index (χ2v) is 6.20. The zero-order valence-corrected chi connectivity index (χ0v) is 13.4. The van der Waals surface area contributed by atoms with Gasteiger partial charge in [-0.05, 0) is 49.9 Å². The molecule has 1 aromatic carbocycles. The van der Waals surface area contributed by atoms with Crippen molar-refractivity contribution < 1.29 is 0 Å². The summed E-state index contributed by atoms with van der Waals surface area (Å²) < 4.78 is 2.48. The fourth-order valence-corrected chi connectivity index (χ4v) is 3.35. The van der Waals surface area contributed by atoms with E-state index in [4.69, 9.17) is 4.98 Å². The molecule has 1 atom stereocenters. The van der Waals surface area contributed by atoms with Crippen molar-refractivity contribution in [1.82, 2.24) is 14.9 Å². The van der Waals surface area contributed by atoms with Crippen LogP contribution in [-0.2, 0) is 13.0 Å². The molecule has 2 heterocycles. The molecule has 0 bridgehead atoms. The number of fused-ring (bicyclic) bond motifs is 1. The summed E-state index contributed by atoms with van der Waals surface area (Å²) in [6, 6.07) is 6.81. The number of nitrogens with zero attached hydrogens (tertiary/aromatic N) is 2. The lowest BCUT2D eigenvalue weighted by molar-refractivity contribution is 0.431. The lowest BCUT2D eigenvalue weighted by Crippen LogP contribution is -2.30. The van der Waals surface area contributed by atoms with E-state index in [1.165, 1.54) is 48.1 Å². The maximum Gasteiger partial charge on any atom is 0.114 e. The number of nitrogens with one attached hydrogen (secondary N) is 1. The summed E-state index contributed by atoms with van der Waals surface area (Å²) in [5.41, 5.74) is 3.89. The lowest BCUT2D eigenvalue weighted by Gasteiger charge is -2.23. The van der Waals surface area contributed by atoms with Crippen molar-refractivity contribution in [3.8, 4) is 0 Å². The third-order valence-corrected chi connectivity index (χ3v) is 4.65. The van der Waals surface area contributed by atoms with Crippen molar-refractivity contribution in [2.75, 3.05) is 13.1 Å². The molecule has 1 aliphatic heterocycles. The summed E-state index contributed by atoms with van der Waals surface area (Å²) in [6.45, 7) is 7.81. The van der Waals surface area contributed by atoms with Crippen molar-refractivity contribution in [1.29, 1.82) is 0 Å². The summed E-state index contributed by atoms with van der Waals surface area (Å²) in [5.74, 6) is 1.88. The van der Waals surface area contributed by atoms with Crippen molar-refractivity contribution in [2.24, 2.45) is 0 Å². The quantitative estimate of drug-likeness (QED) is 0.904. The van der Waals surface area contributed by atoms with Crippen molar-refractivity contribution in [3.05, 3.63) is 29.6 Å². The standard InChI is InChI=1S/C18H27N3/c1-3-5-11-21-17-9-8-14(4-2)12-16(17)20-18(21)15-7-6-10-19-13-15/h8-9,12,15,19H,3-7,10-11,13H2,1-2H3. The molecule has 3 rings (SSSR count). The Morgan fingerprint density at radius 2 is 2.24 bits per heavy atom. The average Bonchev–Trinajstić information content (AvgIpc) is 2.91. The SMILES string of the molecule is CCCCn1c(C2CCCNC2)nc2cc(CC)ccc21. The van der Waals surface area contributed by atoms with E-state index in [1.807, 2.05) is 0 Å². The van der Waals surface area contributed by atoms with Gasteiger partial charge in [0.1, 0.15) is 5.82 Å². The van der Waals surface area contributed by atoms with Crippen LogP contribution in [0, 0.1) is 0 Å². The van der Waals surface area contributed by atoms with Gasteiger partial charge in [0.2, 0.25) is 0 Å². The van der Waals surface area contributed by atoms with Crippen molar-refractivity contribution in [2.45, 2.75) is 58.4 Å². The third-order valence-electron chi connectivity index (χ3n) is 4.65. The van der Waals surface area contributed by atoms with Gasteiger partial charge in [0.25, 0.3) is 0 Å². The Bertz CT molecular complexity index is 594. The molecule has 0 radical (unpaired) electrons. The van der Waals surface area contributed by atoms with Crippen molar-refractivity contribution >= 4 is 11.0 Å². The maximum atomic E-state index is 5.02. The minimum atomic E-state index is 0.577. The zero-order chi connectivity index (χ0) is 14.7. The van der Waals surface area contributed by atoms with Crippen LogP contribution in [0.15, 0.2) is 18.2 Å². The van der Waals surface area contributed by atoms with E-state index in [9.17, 15) is 0 Å². The lowest BCUT2D eigenvalue weighted by atomic mass is 9.99. The normalized spacial score (nSPS) is 19.2. The van der Waals surface area contributed by atoms with Gasteiger partial charge in [-0.25, -0.2) is 4.98 Å². The smallest absolute Gasteiger partial charge is 0.114 e. The molecule has 0 saturated carbocycles. The Morgan fingerprint density at radius 3 is 2.95 bits per heavy atom. The van der Waals surface area contributed by atoms with E-state index in [1.54, 1.807) is 0 Å². The molecule has 1 unspecified atom stereocenters. The van der Waals surface area contributed by atoms with Gasteiger partial charge in [-0.2, -0.15) is 0 Å². The van der Waals surface area contributed by atoms with Gasteiger partial charge >= 0.3 is 0 Å². The number of aryl methyl sites for hydroxylation is 2. The molecular formula is C18H27N3. The largest absolute Gasteiger partial charge is 0.328 e. The fraction of sp³-hybridized carbons (Fsp3) is 0.611. The highest BCUT2D eigenvalue weighted by molar-refractivity contribution is 5.77. The molecule has 1 aliphatic rings. The number of piperidine rings is 1. The minimum absolute atomic E-state index is 0.577. The van der Waals surface area contributed by atoms with E-state index in [0.29, 0.717) is 5.92 Å². The topological polar surface area (TPSA) is 29.9 Å². The van der Waals surface area contributed by atoms with Crippen LogP contribution in [0.4, 0.5) is 0 Å². The Balaban J connectivity index is 2.02. The zero-order valence-electron chi connectivity index (χ0n) is 13.4. The Labute approximate surface area is 127 Å². The van der Waals surface area contributed by atoms with Crippen LogP contribution in [0.1, 0.15) is 56.8 Å². The molecule has 0 amide bonds. The van der Waals surface area contributed by atoms with Crippen LogP contribution in [0.3, 0.4) is 0 Å². The van der Waals surface area contributed by atoms with Crippen LogP contribution >= 0.6 is 0 Å². The highest BCUT2D eigenvalue weighted by Crippen LogP contribution is 2.27. The van der Waals surface area contributed by atoms with Crippen LogP contribution < -0.4 is 5.32 Å². The van der Waals surface area contributed by atoms with E-state index in [2.05, 4.69) is 41.9 Å². The predicted molar refractivity (Wildman–Crippen MR) is 88.9 cm³/mol. The van der Waals surface area contributed by atoms with Crippen LogP contribution in [0.2, 0.25) is 0 Å². The second kappa shape index (κ2) is 6.61. The number of imidazole rings is 1. The summed E-state index contributed by atoms with van der Waals surface area (Å²) in [4.78, 5) is 5.02. The summed E-state index contributed by atoms with van der Waals surface area (Å²) in [7, 11) is 0. The molecule has 0 aliphatic carbocycles. The molecule has 1 fully saturated rings. The Kier molecular flexibility index (Phi) is 4.59. The highest BCUT2D eigenvalue weighted by atomic mass is 15.1. The monoisotopic (exact) mass is 285 g/mol. The summed E-state index contributed by atoms with van der Waals surface area (Å²) in [5, 5.41) is 3.53. The average molecular weight is 285 g/mol. The number of rotatable bonds is 5. The molecule has 1 N–H and O–H groups in total.